The summed E-state index contributed by atoms with van der Waals surface area (Å²) >= 11 is 1.69. The summed E-state index contributed by atoms with van der Waals surface area (Å²) in [6, 6.07) is 9.99. The Morgan fingerprint density at radius 1 is 1.23 bits per heavy atom. The van der Waals surface area contributed by atoms with Crippen molar-refractivity contribution in [2.45, 2.75) is 20.5 Å². The molecule has 0 amide bonds. The molecular weight excluding hydrogens is 298 g/mol. The van der Waals surface area contributed by atoms with E-state index in [2.05, 4.69) is 16.6 Å². The molecule has 0 aliphatic rings. The summed E-state index contributed by atoms with van der Waals surface area (Å²) in [7, 11) is 1.67. The highest BCUT2D eigenvalue weighted by molar-refractivity contribution is 7.13. The number of methoxy groups -OCH3 is 1. The van der Waals surface area contributed by atoms with E-state index in [9.17, 15) is 0 Å². The number of hydrogen-bond donors (Lipinski definition) is 0. The average molecular weight is 315 g/mol. The summed E-state index contributed by atoms with van der Waals surface area (Å²) in [5.41, 5.74) is 2.92. The van der Waals surface area contributed by atoms with Gasteiger partial charge in [-0.1, -0.05) is 11.2 Å². The second-order valence-corrected chi connectivity index (χ2v) is 5.88. The molecule has 1 aromatic carbocycles. The van der Waals surface area contributed by atoms with Gasteiger partial charge >= 0.3 is 0 Å². The number of ether oxygens (including phenoxy) is 2. The SMILES string of the molecule is COc1cc(OCc2c(C)noc2C)ccc1-c1cccs1. The molecule has 0 radical (unpaired) electrons. The van der Waals surface area contributed by atoms with Crippen molar-refractivity contribution < 1.29 is 14.0 Å². The first-order valence-corrected chi connectivity index (χ1v) is 7.83. The molecule has 2 heterocycles. The van der Waals surface area contributed by atoms with Gasteiger partial charge in [0.05, 0.1) is 18.4 Å². The maximum Gasteiger partial charge on any atom is 0.140 e. The van der Waals surface area contributed by atoms with Gasteiger partial charge in [-0.15, -0.1) is 11.3 Å². The van der Waals surface area contributed by atoms with Gasteiger partial charge in [-0.2, -0.15) is 0 Å². The summed E-state index contributed by atoms with van der Waals surface area (Å²) < 4.78 is 16.5. The topological polar surface area (TPSA) is 44.5 Å². The van der Waals surface area contributed by atoms with Crippen molar-refractivity contribution in [1.82, 2.24) is 5.16 Å². The molecule has 3 aromatic rings. The first-order chi connectivity index (χ1) is 10.7. The Kier molecular flexibility index (Phi) is 4.15. The lowest BCUT2D eigenvalue weighted by molar-refractivity contribution is 0.299. The first-order valence-electron chi connectivity index (χ1n) is 6.95. The number of aryl methyl sites for hydroxylation is 2. The van der Waals surface area contributed by atoms with Crippen LogP contribution in [0.25, 0.3) is 10.4 Å². The Morgan fingerprint density at radius 3 is 2.73 bits per heavy atom. The molecule has 4 nitrogen and oxygen atoms in total. The lowest BCUT2D eigenvalue weighted by Crippen LogP contribution is -1.98. The highest BCUT2D eigenvalue weighted by Crippen LogP contribution is 2.36. The van der Waals surface area contributed by atoms with Gasteiger partial charge in [0.25, 0.3) is 0 Å². The summed E-state index contributed by atoms with van der Waals surface area (Å²) in [6.45, 7) is 4.23. The van der Waals surface area contributed by atoms with Crippen LogP contribution in [0.15, 0.2) is 40.2 Å². The normalized spacial score (nSPS) is 10.7. The van der Waals surface area contributed by atoms with Crippen LogP contribution >= 0.6 is 11.3 Å². The molecule has 114 valence electrons. The Labute approximate surface area is 133 Å². The number of nitrogens with zero attached hydrogens (tertiary/aromatic N) is 1. The third-order valence-corrected chi connectivity index (χ3v) is 4.43. The fourth-order valence-electron chi connectivity index (χ4n) is 2.26. The minimum absolute atomic E-state index is 0.433. The van der Waals surface area contributed by atoms with Crippen LogP contribution in [0.5, 0.6) is 11.5 Å². The van der Waals surface area contributed by atoms with E-state index in [0.717, 1.165) is 34.1 Å². The molecule has 0 saturated heterocycles. The van der Waals surface area contributed by atoms with Crippen LogP contribution in [-0.4, -0.2) is 12.3 Å². The maximum atomic E-state index is 5.85. The second-order valence-electron chi connectivity index (χ2n) is 4.93. The fourth-order valence-corrected chi connectivity index (χ4v) is 3.02. The molecule has 0 spiro atoms. The molecule has 0 unspecified atom stereocenters. The number of aromatic nitrogens is 1. The van der Waals surface area contributed by atoms with Gasteiger partial charge in [-0.05, 0) is 37.4 Å². The van der Waals surface area contributed by atoms with Gasteiger partial charge < -0.3 is 14.0 Å². The Hall–Kier alpha value is -2.27. The number of hydrogen-bond acceptors (Lipinski definition) is 5. The molecule has 0 bridgehead atoms. The first kappa shape index (κ1) is 14.7. The highest BCUT2D eigenvalue weighted by atomic mass is 32.1. The van der Waals surface area contributed by atoms with E-state index in [1.54, 1.807) is 18.4 Å². The summed E-state index contributed by atoms with van der Waals surface area (Å²) in [4.78, 5) is 1.18. The number of thiophene rings is 1. The molecule has 3 rings (SSSR count). The van der Waals surface area contributed by atoms with Crippen LogP contribution in [0.1, 0.15) is 17.0 Å². The van der Waals surface area contributed by atoms with Crippen LogP contribution in [0, 0.1) is 13.8 Å². The predicted molar refractivity (Wildman–Crippen MR) is 86.6 cm³/mol. The van der Waals surface area contributed by atoms with E-state index in [1.165, 1.54) is 4.88 Å². The van der Waals surface area contributed by atoms with E-state index in [0.29, 0.717) is 6.61 Å². The van der Waals surface area contributed by atoms with Crippen molar-refractivity contribution in [3.8, 4) is 21.9 Å². The quantitative estimate of drug-likeness (QED) is 0.690. The Morgan fingerprint density at radius 2 is 2.09 bits per heavy atom. The van der Waals surface area contributed by atoms with Gasteiger partial charge in [0.15, 0.2) is 0 Å². The summed E-state index contributed by atoms with van der Waals surface area (Å²) in [5.74, 6) is 2.36. The third-order valence-electron chi connectivity index (χ3n) is 3.52. The minimum atomic E-state index is 0.433. The van der Waals surface area contributed by atoms with Crippen molar-refractivity contribution in [1.29, 1.82) is 0 Å². The van der Waals surface area contributed by atoms with Crippen LogP contribution < -0.4 is 9.47 Å². The van der Waals surface area contributed by atoms with E-state index in [1.807, 2.05) is 38.1 Å². The molecule has 0 atom stereocenters. The second kappa shape index (κ2) is 6.23. The Balaban J connectivity index is 1.81. The highest BCUT2D eigenvalue weighted by Gasteiger charge is 2.12. The lowest BCUT2D eigenvalue weighted by Gasteiger charge is -2.11. The average Bonchev–Trinajstić information content (AvgIpc) is 3.16. The molecular formula is C17H17NO3S. The standard InChI is InChI=1S/C17H17NO3S/c1-11-15(12(2)21-18-11)10-20-13-6-7-14(16(9-13)19-3)17-5-4-8-22-17/h4-9H,10H2,1-3H3. The fraction of sp³-hybridized carbons (Fsp3) is 0.235. The van der Waals surface area contributed by atoms with Crippen LogP contribution in [0.3, 0.4) is 0 Å². The Bertz CT molecular complexity index is 743. The molecule has 22 heavy (non-hydrogen) atoms. The van der Waals surface area contributed by atoms with Crippen LogP contribution in [0.2, 0.25) is 0 Å². The van der Waals surface area contributed by atoms with Crippen molar-refractivity contribution in [2.75, 3.05) is 7.11 Å². The predicted octanol–water partition coefficient (Wildman–Crippen LogP) is 4.61. The zero-order chi connectivity index (χ0) is 15.5. The van der Waals surface area contributed by atoms with Gasteiger partial charge in [-0.25, -0.2) is 0 Å². The molecule has 0 N–H and O–H groups in total. The van der Waals surface area contributed by atoms with Gasteiger partial charge in [0, 0.05) is 16.5 Å². The summed E-state index contributed by atoms with van der Waals surface area (Å²) in [6.07, 6.45) is 0. The van der Waals surface area contributed by atoms with E-state index in [4.69, 9.17) is 14.0 Å². The van der Waals surface area contributed by atoms with Crippen molar-refractivity contribution in [2.24, 2.45) is 0 Å². The van der Waals surface area contributed by atoms with Gasteiger partial charge in [-0.3, -0.25) is 0 Å². The largest absolute Gasteiger partial charge is 0.496 e. The van der Waals surface area contributed by atoms with Crippen LogP contribution in [0.4, 0.5) is 0 Å². The zero-order valence-corrected chi connectivity index (χ0v) is 13.6. The van der Waals surface area contributed by atoms with E-state index >= 15 is 0 Å². The lowest BCUT2D eigenvalue weighted by atomic mass is 10.1. The smallest absolute Gasteiger partial charge is 0.140 e. The molecule has 0 aliphatic carbocycles. The molecule has 0 aliphatic heterocycles. The summed E-state index contributed by atoms with van der Waals surface area (Å²) in [5, 5.41) is 5.98. The van der Waals surface area contributed by atoms with E-state index < -0.39 is 0 Å². The maximum absolute atomic E-state index is 5.85. The van der Waals surface area contributed by atoms with Gasteiger partial charge in [0.1, 0.15) is 23.9 Å². The molecule has 5 heteroatoms. The van der Waals surface area contributed by atoms with E-state index in [-0.39, 0.29) is 0 Å². The zero-order valence-electron chi connectivity index (χ0n) is 12.8. The minimum Gasteiger partial charge on any atom is -0.496 e. The van der Waals surface area contributed by atoms with Crippen molar-refractivity contribution in [3.63, 3.8) is 0 Å². The molecule has 0 fully saturated rings. The monoisotopic (exact) mass is 315 g/mol. The number of rotatable bonds is 5. The van der Waals surface area contributed by atoms with Crippen LogP contribution in [-0.2, 0) is 6.61 Å². The third kappa shape index (κ3) is 2.85. The van der Waals surface area contributed by atoms with Gasteiger partial charge in [0.2, 0.25) is 0 Å². The number of benzene rings is 1. The van der Waals surface area contributed by atoms with Crippen molar-refractivity contribution in [3.05, 3.63) is 52.7 Å². The van der Waals surface area contributed by atoms with Crippen molar-refractivity contribution >= 4 is 11.3 Å². The molecule has 2 aromatic heterocycles. The molecule has 0 saturated carbocycles.